The first-order chi connectivity index (χ1) is 12.2. The molecule has 2 aromatic rings. The van der Waals surface area contributed by atoms with Crippen molar-refractivity contribution in [3.63, 3.8) is 0 Å². The average molecular weight is 344 g/mol. The summed E-state index contributed by atoms with van der Waals surface area (Å²) in [5.41, 5.74) is 2.05. The van der Waals surface area contributed by atoms with Gasteiger partial charge in [-0.05, 0) is 11.1 Å². The number of esters is 1. The zero-order valence-electron chi connectivity index (χ0n) is 14.6. The van der Waals surface area contributed by atoms with Crippen LogP contribution in [-0.4, -0.2) is 32.1 Å². The molecule has 0 aromatic heterocycles. The van der Waals surface area contributed by atoms with Gasteiger partial charge in [0.2, 0.25) is 0 Å². The molecule has 0 aliphatic carbocycles. The Bertz CT molecular complexity index is 571. The van der Waals surface area contributed by atoms with Crippen LogP contribution in [0.1, 0.15) is 18.1 Å². The van der Waals surface area contributed by atoms with Crippen molar-refractivity contribution in [3.8, 4) is 0 Å². The second-order valence-electron chi connectivity index (χ2n) is 5.54. The number of carbonyl (C=O) groups excluding carboxylic acids is 1. The molecule has 1 unspecified atom stereocenters. The molecular formula is C20H24O5. The fraction of sp³-hybridized carbons (Fsp3) is 0.350. The SMILES string of the molecule is COC(COC(C)=O)C(OCc1ccccc1)OCc1ccccc1. The van der Waals surface area contributed by atoms with Crippen molar-refractivity contribution >= 4 is 5.97 Å². The van der Waals surface area contributed by atoms with Crippen molar-refractivity contribution in [1.82, 2.24) is 0 Å². The molecule has 0 N–H and O–H groups in total. The van der Waals surface area contributed by atoms with Gasteiger partial charge in [0.05, 0.1) is 13.2 Å². The molecule has 2 aromatic carbocycles. The Labute approximate surface area is 148 Å². The van der Waals surface area contributed by atoms with Crippen molar-refractivity contribution < 1.29 is 23.7 Å². The van der Waals surface area contributed by atoms with Gasteiger partial charge in [0.25, 0.3) is 0 Å². The standard InChI is InChI=1S/C20H24O5/c1-16(21)23-15-19(22-2)20(24-13-17-9-5-3-6-10-17)25-14-18-11-7-4-8-12-18/h3-12,19-20H,13-15H2,1-2H3. The Morgan fingerprint density at radius 1 is 0.880 bits per heavy atom. The van der Waals surface area contributed by atoms with Gasteiger partial charge in [0, 0.05) is 14.0 Å². The van der Waals surface area contributed by atoms with E-state index in [0.29, 0.717) is 13.2 Å². The molecule has 0 amide bonds. The number of methoxy groups -OCH3 is 1. The molecule has 0 bridgehead atoms. The van der Waals surface area contributed by atoms with Crippen molar-refractivity contribution in [3.05, 3.63) is 71.8 Å². The van der Waals surface area contributed by atoms with Gasteiger partial charge in [-0.1, -0.05) is 60.7 Å². The monoisotopic (exact) mass is 344 g/mol. The van der Waals surface area contributed by atoms with Crippen LogP contribution in [0.25, 0.3) is 0 Å². The van der Waals surface area contributed by atoms with Gasteiger partial charge in [-0.15, -0.1) is 0 Å². The molecule has 0 aliphatic heterocycles. The molecule has 25 heavy (non-hydrogen) atoms. The summed E-state index contributed by atoms with van der Waals surface area (Å²) in [7, 11) is 1.54. The van der Waals surface area contributed by atoms with Crippen LogP contribution >= 0.6 is 0 Å². The number of rotatable bonds is 10. The molecule has 0 spiro atoms. The highest BCUT2D eigenvalue weighted by Crippen LogP contribution is 2.13. The minimum absolute atomic E-state index is 0.0695. The Morgan fingerprint density at radius 2 is 1.36 bits per heavy atom. The van der Waals surface area contributed by atoms with Crippen LogP contribution in [0, 0.1) is 0 Å². The maximum absolute atomic E-state index is 11.1. The normalized spacial score (nSPS) is 12.1. The molecule has 0 saturated heterocycles. The van der Waals surface area contributed by atoms with Crippen LogP contribution in [0.5, 0.6) is 0 Å². The third kappa shape index (κ3) is 7.05. The van der Waals surface area contributed by atoms with Crippen LogP contribution in [0.2, 0.25) is 0 Å². The lowest BCUT2D eigenvalue weighted by Crippen LogP contribution is -2.37. The number of hydrogen-bond acceptors (Lipinski definition) is 5. The maximum Gasteiger partial charge on any atom is 0.302 e. The molecular weight excluding hydrogens is 320 g/mol. The first-order valence-corrected chi connectivity index (χ1v) is 8.16. The molecule has 0 fully saturated rings. The minimum Gasteiger partial charge on any atom is -0.463 e. The Kier molecular flexibility index (Phi) is 8.12. The second-order valence-corrected chi connectivity index (χ2v) is 5.54. The van der Waals surface area contributed by atoms with E-state index in [9.17, 15) is 4.79 Å². The molecule has 5 heteroatoms. The predicted molar refractivity (Wildman–Crippen MR) is 93.7 cm³/mol. The third-order valence-corrected chi connectivity index (χ3v) is 3.57. The van der Waals surface area contributed by atoms with Gasteiger partial charge < -0.3 is 18.9 Å². The number of carbonyl (C=O) groups is 1. The highest BCUT2D eigenvalue weighted by atomic mass is 16.7. The van der Waals surface area contributed by atoms with Crippen molar-refractivity contribution in [2.45, 2.75) is 32.5 Å². The van der Waals surface area contributed by atoms with Crippen molar-refractivity contribution in [2.24, 2.45) is 0 Å². The van der Waals surface area contributed by atoms with E-state index in [0.717, 1.165) is 11.1 Å². The van der Waals surface area contributed by atoms with E-state index in [-0.39, 0.29) is 12.6 Å². The Hall–Kier alpha value is -2.21. The van der Waals surface area contributed by atoms with E-state index in [2.05, 4.69) is 0 Å². The third-order valence-electron chi connectivity index (χ3n) is 3.57. The zero-order valence-corrected chi connectivity index (χ0v) is 14.6. The maximum atomic E-state index is 11.1. The number of benzene rings is 2. The van der Waals surface area contributed by atoms with Crippen molar-refractivity contribution in [1.29, 1.82) is 0 Å². The first kappa shape index (κ1) is 19.1. The second kappa shape index (κ2) is 10.6. The molecule has 1 atom stereocenters. The van der Waals surface area contributed by atoms with E-state index < -0.39 is 12.4 Å². The quantitative estimate of drug-likeness (QED) is 0.489. The summed E-state index contributed by atoms with van der Waals surface area (Å²) in [5.74, 6) is -0.369. The van der Waals surface area contributed by atoms with Gasteiger partial charge in [0.15, 0.2) is 6.29 Å². The topological polar surface area (TPSA) is 54.0 Å². The molecule has 134 valence electrons. The van der Waals surface area contributed by atoms with Gasteiger partial charge in [-0.25, -0.2) is 0 Å². The van der Waals surface area contributed by atoms with E-state index in [1.54, 1.807) is 7.11 Å². The summed E-state index contributed by atoms with van der Waals surface area (Å²) >= 11 is 0. The Morgan fingerprint density at radius 3 is 1.76 bits per heavy atom. The summed E-state index contributed by atoms with van der Waals surface area (Å²) < 4.78 is 22.3. The van der Waals surface area contributed by atoms with E-state index in [4.69, 9.17) is 18.9 Å². The molecule has 0 heterocycles. The zero-order chi connectivity index (χ0) is 17.9. The van der Waals surface area contributed by atoms with Gasteiger partial charge >= 0.3 is 5.97 Å². The van der Waals surface area contributed by atoms with Gasteiger partial charge in [-0.3, -0.25) is 4.79 Å². The minimum atomic E-state index is -0.662. The summed E-state index contributed by atoms with van der Waals surface area (Å²) in [6.07, 6.45) is -1.18. The van der Waals surface area contributed by atoms with Crippen LogP contribution in [0.15, 0.2) is 60.7 Å². The van der Waals surface area contributed by atoms with Crippen molar-refractivity contribution in [2.75, 3.05) is 13.7 Å². The molecule has 0 aliphatic rings. The van der Waals surface area contributed by atoms with E-state index >= 15 is 0 Å². The number of hydrogen-bond donors (Lipinski definition) is 0. The van der Waals surface area contributed by atoms with E-state index in [1.165, 1.54) is 6.92 Å². The smallest absolute Gasteiger partial charge is 0.302 e. The van der Waals surface area contributed by atoms with Gasteiger partial charge in [0.1, 0.15) is 12.7 Å². The molecule has 2 rings (SSSR count). The average Bonchev–Trinajstić information content (AvgIpc) is 2.65. The number of ether oxygens (including phenoxy) is 4. The van der Waals surface area contributed by atoms with Gasteiger partial charge in [-0.2, -0.15) is 0 Å². The van der Waals surface area contributed by atoms with Crippen LogP contribution in [0.3, 0.4) is 0 Å². The first-order valence-electron chi connectivity index (χ1n) is 8.16. The summed E-state index contributed by atoms with van der Waals surface area (Å²) in [6.45, 7) is 2.18. The highest BCUT2D eigenvalue weighted by molar-refractivity contribution is 5.65. The molecule has 0 radical (unpaired) electrons. The largest absolute Gasteiger partial charge is 0.463 e. The summed E-state index contributed by atoms with van der Waals surface area (Å²) in [5, 5.41) is 0. The fourth-order valence-electron chi connectivity index (χ4n) is 2.23. The lowest BCUT2D eigenvalue weighted by molar-refractivity contribution is -0.222. The fourth-order valence-corrected chi connectivity index (χ4v) is 2.23. The molecule has 5 nitrogen and oxygen atoms in total. The predicted octanol–water partition coefficient (Wildman–Crippen LogP) is 3.32. The van der Waals surface area contributed by atoms with Crippen LogP contribution < -0.4 is 0 Å². The van der Waals surface area contributed by atoms with Crippen LogP contribution in [0.4, 0.5) is 0 Å². The summed E-state index contributed by atoms with van der Waals surface area (Å²) in [4.78, 5) is 11.1. The Balaban J connectivity index is 1.99. The van der Waals surface area contributed by atoms with Crippen LogP contribution in [-0.2, 0) is 37.0 Å². The lowest BCUT2D eigenvalue weighted by Gasteiger charge is -2.26. The van der Waals surface area contributed by atoms with E-state index in [1.807, 2.05) is 60.7 Å². The summed E-state index contributed by atoms with van der Waals surface area (Å²) in [6, 6.07) is 19.6. The lowest BCUT2D eigenvalue weighted by atomic mass is 10.2. The molecule has 0 saturated carbocycles. The highest BCUT2D eigenvalue weighted by Gasteiger charge is 2.24.